The van der Waals surface area contributed by atoms with Gasteiger partial charge in [-0.05, 0) is 49.6 Å². The third-order valence-corrected chi connectivity index (χ3v) is 5.41. The van der Waals surface area contributed by atoms with E-state index in [1.54, 1.807) is 0 Å². The number of nitrogens with zero attached hydrogens (tertiary/aromatic N) is 2. The molecular formula is C20H22ClN3OS. The Labute approximate surface area is 163 Å². The molecule has 0 fully saturated rings. The van der Waals surface area contributed by atoms with Gasteiger partial charge in [0.2, 0.25) is 5.91 Å². The second kappa shape index (κ2) is 8.14. The van der Waals surface area contributed by atoms with E-state index in [0.717, 1.165) is 46.0 Å². The number of aromatic nitrogens is 2. The maximum absolute atomic E-state index is 12.4. The van der Waals surface area contributed by atoms with Gasteiger partial charge in [0, 0.05) is 17.3 Å². The highest BCUT2D eigenvalue weighted by atomic mass is 35.5. The molecule has 1 amide bonds. The van der Waals surface area contributed by atoms with Crippen LogP contribution in [0.25, 0.3) is 11.0 Å². The fraction of sp³-hybridized carbons (Fsp3) is 0.300. The van der Waals surface area contributed by atoms with E-state index in [9.17, 15) is 4.79 Å². The van der Waals surface area contributed by atoms with Gasteiger partial charge in [0.1, 0.15) is 0 Å². The van der Waals surface area contributed by atoms with Crippen molar-refractivity contribution in [1.82, 2.24) is 9.55 Å². The minimum Gasteiger partial charge on any atom is -0.325 e. The molecule has 3 aromatic rings. The predicted octanol–water partition coefficient (Wildman–Crippen LogP) is 5.45. The third-order valence-electron chi connectivity index (χ3n) is 4.20. The number of aryl methyl sites for hydroxylation is 3. The van der Waals surface area contributed by atoms with E-state index < -0.39 is 0 Å². The van der Waals surface area contributed by atoms with Crippen LogP contribution in [0.2, 0.25) is 5.02 Å². The number of rotatable bonds is 6. The number of nitrogens with one attached hydrogen (secondary N) is 1. The van der Waals surface area contributed by atoms with Crippen LogP contribution >= 0.6 is 23.4 Å². The van der Waals surface area contributed by atoms with E-state index >= 15 is 0 Å². The number of para-hydroxylation sites is 1. The summed E-state index contributed by atoms with van der Waals surface area (Å²) >= 11 is 7.54. The Morgan fingerprint density at radius 1 is 1.23 bits per heavy atom. The van der Waals surface area contributed by atoms with Gasteiger partial charge in [-0.2, -0.15) is 0 Å². The summed E-state index contributed by atoms with van der Waals surface area (Å²) in [5, 5.41) is 4.54. The van der Waals surface area contributed by atoms with E-state index in [-0.39, 0.29) is 5.91 Å². The Bertz CT molecular complexity index is 931. The largest absolute Gasteiger partial charge is 0.325 e. The molecule has 0 atom stereocenters. The van der Waals surface area contributed by atoms with Crippen LogP contribution in [-0.2, 0) is 11.3 Å². The quantitative estimate of drug-likeness (QED) is 0.572. The summed E-state index contributed by atoms with van der Waals surface area (Å²) in [5.74, 6) is 0.287. The van der Waals surface area contributed by atoms with Crippen molar-refractivity contribution in [2.24, 2.45) is 0 Å². The van der Waals surface area contributed by atoms with Crippen molar-refractivity contribution in [2.75, 3.05) is 11.1 Å². The molecule has 6 heteroatoms. The molecule has 0 radical (unpaired) electrons. The van der Waals surface area contributed by atoms with E-state index in [1.807, 2.05) is 50.2 Å². The standard InChI is InChI=1S/C20H22ClN3OS/c1-4-10-24-17-9-8-15(21)11-16(17)22-20(24)26-12-18(25)23-19-13(2)6-5-7-14(19)3/h5-9,11H,4,10,12H2,1-3H3,(H,23,25). The van der Waals surface area contributed by atoms with E-state index in [2.05, 4.69) is 21.8 Å². The zero-order chi connectivity index (χ0) is 18.7. The first-order valence-electron chi connectivity index (χ1n) is 8.64. The molecule has 0 spiro atoms. The SMILES string of the molecule is CCCn1c(SCC(=O)Nc2c(C)cccc2C)nc2cc(Cl)ccc21. The summed E-state index contributed by atoms with van der Waals surface area (Å²) in [6, 6.07) is 11.7. The fourth-order valence-corrected chi connectivity index (χ4v) is 3.96. The molecule has 3 rings (SSSR count). The molecule has 1 heterocycles. The number of fused-ring (bicyclic) bond motifs is 1. The van der Waals surface area contributed by atoms with Gasteiger partial charge in [-0.25, -0.2) is 4.98 Å². The number of anilines is 1. The summed E-state index contributed by atoms with van der Waals surface area (Å²) in [6.07, 6.45) is 0.996. The van der Waals surface area contributed by atoms with Crippen molar-refractivity contribution in [1.29, 1.82) is 0 Å². The molecule has 26 heavy (non-hydrogen) atoms. The minimum atomic E-state index is -0.0273. The number of carbonyl (C=O) groups is 1. The summed E-state index contributed by atoms with van der Waals surface area (Å²) in [6.45, 7) is 6.99. The zero-order valence-corrected chi connectivity index (χ0v) is 16.7. The van der Waals surface area contributed by atoms with Gasteiger partial charge < -0.3 is 9.88 Å². The summed E-state index contributed by atoms with van der Waals surface area (Å²) in [5.41, 5.74) is 4.94. The van der Waals surface area contributed by atoms with E-state index in [0.29, 0.717) is 10.8 Å². The lowest BCUT2D eigenvalue weighted by Crippen LogP contribution is -2.16. The lowest BCUT2D eigenvalue weighted by molar-refractivity contribution is -0.113. The van der Waals surface area contributed by atoms with Gasteiger partial charge in [0.15, 0.2) is 5.16 Å². The maximum Gasteiger partial charge on any atom is 0.234 e. The Kier molecular flexibility index (Phi) is 5.89. The lowest BCUT2D eigenvalue weighted by Gasteiger charge is -2.11. The Morgan fingerprint density at radius 2 is 1.96 bits per heavy atom. The predicted molar refractivity (Wildman–Crippen MR) is 110 cm³/mol. The van der Waals surface area contributed by atoms with Crippen LogP contribution < -0.4 is 5.32 Å². The molecule has 1 N–H and O–H groups in total. The van der Waals surface area contributed by atoms with Crippen molar-refractivity contribution < 1.29 is 4.79 Å². The highest BCUT2D eigenvalue weighted by Gasteiger charge is 2.14. The van der Waals surface area contributed by atoms with Crippen LogP contribution in [0.1, 0.15) is 24.5 Å². The van der Waals surface area contributed by atoms with Gasteiger partial charge in [0.25, 0.3) is 0 Å². The van der Waals surface area contributed by atoms with Crippen molar-refractivity contribution in [3.8, 4) is 0 Å². The molecule has 0 saturated heterocycles. The first-order chi connectivity index (χ1) is 12.5. The molecule has 4 nitrogen and oxygen atoms in total. The highest BCUT2D eigenvalue weighted by molar-refractivity contribution is 7.99. The second-order valence-corrected chi connectivity index (χ2v) is 7.66. The lowest BCUT2D eigenvalue weighted by atomic mass is 10.1. The summed E-state index contributed by atoms with van der Waals surface area (Å²) in [7, 11) is 0. The first kappa shape index (κ1) is 18.8. The minimum absolute atomic E-state index is 0.0273. The fourth-order valence-electron chi connectivity index (χ4n) is 2.95. The first-order valence-corrected chi connectivity index (χ1v) is 10.0. The molecule has 0 bridgehead atoms. The van der Waals surface area contributed by atoms with Gasteiger partial charge in [-0.1, -0.05) is 48.5 Å². The van der Waals surface area contributed by atoms with Crippen LogP contribution in [0.15, 0.2) is 41.6 Å². The number of thioether (sulfide) groups is 1. The number of imidazole rings is 1. The molecule has 0 unspecified atom stereocenters. The molecule has 0 aliphatic rings. The number of hydrogen-bond donors (Lipinski definition) is 1. The van der Waals surface area contributed by atoms with Crippen molar-refractivity contribution in [3.05, 3.63) is 52.5 Å². The Morgan fingerprint density at radius 3 is 2.65 bits per heavy atom. The van der Waals surface area contributed by atoms with Gasteiger partial charge in [-0.3, -0.25) is 4.79 Å². The summed E-state index contributed by atoms with van der Waals surface area (Å²) in [4.78, 5) is 17.1. The number of carbonyl (C=O) groups excluding carboxylic acids is 1. The Balaban J connectivity index is 1.76. The second-order valence-electron chi connectivity index (χ2n) is 6.28. The Hall–Kier alpha value is -1.98. The van der Waals surface area contributed by atoms with Gasteiger partial charge in [0.05, 0.1) is 16.8 Å². The van der Waals surface area contributed by atoms with Crippen LogP contribution in [0.5, 0.6) is 0 Å². The van der Waals surface area contributed by atoms with Crippen LogP contribution in [0.4, 0.5) is 5.69 Å². The van der Waals surface area contributed by atoms with Crippen LogP contribution in [0, 0.1) is 13.8 Å². The molecular weight excluding hydrogens is 366 g/mol. The smallest absolute Gasteiger partial charge is 0.234 e. The number of hydrogen-bond acceptors (Lipinski definition) is 3. The number of amides is 1. The van der Waals surface area contributed by atoms with E-state index in [1.165, 1.54) is 11.8 Å². The molecule has 0 saturated carbocycles. The van der Waals surface area contributed by atoms with Crippen LogP contribution in [0.3, 0.4) is 0 Å². The topological polar surface area (TPSA) is 46.9 Å². The monoisotopic (exact) mass is 387 g/mol. The normalized spacial score (nSPS) is 11.1. The van der Waals surface area contributed by atoms with E-state index in [4.69, 9.17) is 11.6 Å². The van der Waals surface area contributed by atoms with Crippen molar-refractivity contribution in [3.63, 3.8) is 0 Å². The van der Waals surface area contributed by atoms with Crippen molar-refractivity contribution in [2.45, 2.75) is 38.9 Å². The molecule has 136 valence electrons. The van der Waals surface area contributed by atoms with Crippen molar-refractivity contribution >= 4 is 46.0 Å². The number of benzene rings is 2. The van der Waals surface area contributed by atoms with Gasteiger partial charge >= 0.3 is 0 Å². The average molecular weight is 388 g/mol. The maximum atomic E-state index is 12.4. The summed E-state index contributed by atoms with van der Waals surface area (Å²) < 4.78 is 2.16. The molecule has 0 aliphatic heterocycles. The third kappa shape index (κ3) is 4.05. The number of halogens is 1. The molecule has 1 aromatic heterocycles. The molecule has 0 aliphatic carbocycles. The average Bonchev–Trinajstić information content (AvgIpc) is 2.93. The van der Waals surface area contributed by atoms with Gasteiger partial charge in [-0.15, -0.1) is 0 Å². The highest BCUT2D eigenvalue weighted by Crippen LogP contribution is 2.27. The van der Waals surface area contributed by atoms with Crippen LogP contribution in [-0.4, -0.2) is 21.2 Å². The molecule has 2 aromatic carbocycles. The zero-order valence-electron chi connectivity index (χ0n) is 15.2.